The largest absolute Gasteiger partial charge is 0.336 e. The van der Waals surface area contributed by atoms with Crippen LogP contribution in [0.3, 0.4) is 0 Å². The van der Waals surface area contributed by atoms with E-state index in [1.54, 1.807) is 24.3 Å². The number of carbonyl (C=O) groups excluding carboxylic acids is 3. The molecular weight excluding hydrogens is 330 g/mol. The van der Waals surface area contributed by atoms with Crippen LogP contribution in [0.4, 0.5) is 0 Å². The predicted molar refractivity (Wildman–Crippen MR) is 97.2 cm³/mol. The lowest BCUT2D eigenvalue weighted by atomic mass is 10.0. The van der Waals surface area contributed by atoms with Crippen LogP contribution in [0.15, 0.2) is 54.6 Å². The minimum atomic E-state index is -0.672. The van der Waals surface area contributed by atoms with Crippen molar-refractivity contribution < 1.29 is 19.2 Å². The maximum Gasteiger partial charge on any atom is 0.336 e. The fraction of sp³-hybridized carbons (Fsp3) is 0.190. The second-order valence-corrected chi connectivity index (χ2v) is 6.34. The van der Waals surface area contributed by atoms with E-state index in [1.165, 1.54) is 17.7 Å². The van der Waals surface area contributed by atoms with Crippen LogP contribution in [0.2, 0.25) is 0 Å². The third-order valence-corrected chi connectivity index (χ3v) is 4.15. The number of amides is 2. The molecule has 2 aromatic rings. The Morgan fingerprint density at radius 3 is 2.12 bits per heavy atom. The summed E-state index contributed by atoms with van der Waals surface area (Å²) in [5, 5.41) is 0.526. The molecule has 132 valence electrons. The summed E-state index contributed by atoms with van der Waals surface area (Å²) in [7, 11) is 0. The van der Waals surface area contributed by atoms with Gasteiger partial charge in [-0.1, -0.05) is 67.5 Å². The Balaban J connectivity index is 1.58. The summed E-state index contributed by atoms with van der Waals surface area (Å²) in [6.45, 7) is 4.25. The number of hydroxylamine groups is 2. The van der Waals surface area contributed by atoms with E-state index >= 15 is 0 Å². The number of benzene rings is 2. The zero-order chi connectivity index (χ0) is 18.7. The predicted octanol–water partition coefficient (Wildman–Crippen LogP) is 3.97. The summed E-state index contributed by atoms with van der Waals surface area (Å²) in [6.07, 6.45) is 3.40. The first-order valence-electron chi connectivity index (χ1n) is 8.42. The summed E-state index contributed by atoms with van der Waals surface area (Å²) >= 11 is 0. The zero-order valence-electron chi connectivity index (χ0n) is 14.6. The van der Waals surface area contributed by atoms with E-state index in [1.807, 2.05) is 24.3 Å². The van der Waals surface area contributed by atoms with Gasteiger partial charge in [-0.25, -0.2) is 4.79 Å². The number of fused-ring (bicyclic) bond motifs is 1. The molecule has 0 aromatic heterocycles. The molecule has 0 fully saturated rings. The highest BCUT2D eigenvalue weighted by Gasteiger charge is 2.38. The first-order chi connectivity index (χ1) is 12.5. The Hall–Kier alpha value is -3.21. The molecule has 0 radical (unpaired) electrons. The third kappa shape index (κ3) is 3.57. The first kappa shape index (κ1) is 17.6. The van der Waals surface area contributed by atoms with Gasteiger partial charge in [0.1, 0.15) is 0 Å². The fourth-order valence-electron chi connectivity index (χ4n) is 2.67. The Morgan fingerprint density at radius 2 is 1.58 bits per heavy atom. The minimum absolute atomic E-state index is 0.0423. The third-order valence-electron chi connectivity index (χ3n) is 4.15. The van der Waals surface area contributed by atoms with Gasteiger partial charge in [-0.15, -0.1) is 0 Å². The molecule has 0 spiro atoms. The van der Waals surface area contributed by atoms with Gasteiger partial charge in [0.25, 0.3) is 11.8 Å². The quantitative estimate of drug-likeness (QED) is 0.766. The minimum Gasteiger partial charge on any atom is -0.329 e. The van der Waals surface area contributed by atoms with Gasteiger partial charge in [0, 0.05) is 0 Å². The summed E-state index contributed by atoms with van der Waals surface area (Å²) in [5.74, 6) is -1.45. The molecule has 0 unspecified atom stereocenters. The molecule has 1 aliphatic heterocycles. The highest BCUT2D eigenvalue weighted by molar-refractivity contribution is 6.20. The van der Waals surface area contributed by atoms with Gasteiger partial charge >= 0.3 is 5.97 Å². The number of hydrogen-bond donors (Lipinski definition) is 0. The topological polar surface area (TPSA) is 63.7 Å². The Labute approximate surface area is 151 Å². The molecule has 0 aliphatic carbocycles. The van der Waals surface area contributed by atoms with Gasteiger partial charge < -0.3 is 4.84 Å². The normalized spacial score (nSPS) is 13.6. The zero-order valence-corrected chi connectivity index (χ0v) is 14.6. The average molecular weight is 349 g/mol. The molecule has 1 aliphatic rings. The molecule has 2 aromatic carbocycles. The highest BCUT2D eigenvalue weighted by Crippen LogP contribution is 2.23. The van der Waals surface area contributed by atoms with Gasteiger partial charge in [0.2, 0.25) is 0 Å². The molecule has 5 nitrogen and oxygen atoms in total. The van der Waals surface area contributed by atoms with Crippen molar-refractivity contribution in [2.45, 2.75) is 26.2 Å². The van der Waals surface area contributed by atoms with E-state index in [4.69, 9.17) is 4.84 Å². The second kappa shape index (κ2) is 7.35. The molecule has 5 heteroatoms. The molecule has 2 amide bonds. The van der Waals surface area contributed by atoms with Gasteiger partial charge in [-0.3, -0.25) is 9.59 Å². The smallest absolute Gasteiger partial charge is 0.329 e. The van der Waals surface area contributed by atoms with Crippen LogP contribution in [0.5, 0.6) is 0 Å². The molecule has 3 rings (SSSR count). The number of imide groups is 1. The highest BCUT2D eigenvalue weighted by atomic mass is 16.7. The average Bonchev–Trinajstić information content (AvgIpc) is 2.87. The van der Waals surface area contributed by atoms with Crippen LogP contribution < -0.4 is 0 Å². The van der Waals surface area contributed by atoms with Crippen LogP contribution in [0.1, 0.15) is 58.0 Å². The van der Waals surface area contributed by atoms with E-state index in [-0.39, 0.29) is 17.5 Å². The summed E-state index contributed by atoms with van der Waals surface area (Å²) in [4.78, 5) is 41.2. The maximum atomic E-state index is 12.1. The maximum absolute atomic E-state index is 12.1. The van der Waals surface area contributed by atoms with Crippen molar-refractivity contribution in [1.82, 2.24) is 5.06 Å². The standard InChI is InChI=1S/C21H19NO4/c1-14(2)16-12-10-15(11-13-16)6-5-9-19(23)26-22-20(24)17-7-3-4-8-18(17)21(22)25/h3-8,10-14H,9H2,1-2H3/b6-5+. The van der Waals surface area contributed by atoms with Crippen LogP contribution in [0, 0.1) is 0 Å². The van der Waals surface area contributed by atoms with Gasteiger partial charge in [0.05, 0.1) is 17.5 Å². The molecule has 0 saturated carbocycles. The van der Waals surface area contributed by atoms with Crippen LogP contribution in [-0.4, -0.2) is 22.8 Å². The molecule has 0 atom stereocenters. The number of hydrogen-bond acceptors (Lipinski definition) is 4. The van der Waals surface area contributed by atoms with Crippen molar-refractivity contribution >= 4 is 23.9 Å². The SMILES string of the molecule is CC(C)c1ccc(/C=C/CC(=O)ON2C(=O)c3ccccc3C2=O)cc1. The molecule has 0 saturated heterocycles. The van der Waals surface area contributed by atoms with Crippen LogP contribution in [0.25, 0.3) is 6.08 Å². The van der Waals surface area contributed by atoms with Gasteiger partial charge in [-0.2, -0.15) is 0 Å². The second-order valence-electron chi connectivity index (χ2n) is 6.34. The number of nitrogens with zero attached hydrogens (tertiary/aromatic N) is 1. The van der Waals surface area contributed by atoms with E-state index in [0.717, 1.165) is 5.56 Å². The van der Waals surface area contributed by atoms with E-state index in [2.05, 4.69) is 13.8 Å². The lowest BCUT2D eigenvalue weighted by Crippen LogP contribution is -2.32. The summed E-state index contributed by atoms with van der Waals surface area (Å²) < 4.78 is 0. The van der Waals surface area contributed by atoms with E-state index < -0.39 is 17.8 Å². The Kier molecular flexibility index (Phi) is 4.98. The molecule has 0 bridgehead atoms. The monoisotopic (exact) mass is 349 g/mol. The number of rotatable bonds is 5. The van der Waals surface area contributed by atoms with Crippen molar-refractivity contribution in [2.75, 3.05) is 0 Å². The van der Waals surface area contributed by atoms with Gasteiger partial charge in [0.15, 0.2) is 0 Å². The summed E-state index contributed by atoms with van der Waals surface area (Å²) in [5.41, 5.74) is 2.69. The van der Waals surface area contributed by atoms with Crippen molar-refractivity contribution in [3.63, 3.8) is 0 Å². The van der Waals surface area contributed by atoms with Crippen LogP contribution in [-0.2, 0) is 9.63 Å². The fourth-order valence-corrected chi connectivity index (χ4v) is 2.67. The molecule has 1 heterocycles. The Bertz CT molecular complexity index is 846. The van der Waals surface area contributed by atoms with Crippen LogP contribution >= 0.6 is 0 Å². The first-order valence-corrected chi connectivity index (χ1v) is 8.42. The molecule has 0 N–H and O–H groups in total. The van der Waals surface area contributed by atoms with Crippen molar-refractivity contribution in [1.29, 1.82) is 0 Å². The van der Waals surface area contributed by atoms with Gasteiger partial charge in [-0.05, 0) is 29.2 Å². The lowest BCUT2D eigenvalue weighted by Gasteiger charge is -2.11. The number of carbonyl (C=O) groups is 3. The van der Waals surface area contributed by atoms with E-state index in [0.29, 0.717) is 11.0 Å². The summed E-state index contributed by atoms with van der Waals surface area (Å²) in [6, 6.07) is 14.4. The lowest BCUT2D eigenvalue weighted by molar-refractivity contribution is -0.167. The van der Waals surface area contributed by atoms with Crippen molar-refractivity contribution in [2.24, 2.45) is 0 Å². The van der Waals surface area contributed by atoms with Crippen molar-refractivity contribution in [3.05, 3.63) is 76.9 Å². The van der Waals surface area contributed by atoms with Crippen molar-refractivity contribution in [3.8, 4) is 0 Å². The Morgan fingerprint density at radius 1 is 1.00 bits per heavy atom. The van der Waals surface area contributed by atoms with E-state index in [9.17, 15) is 14.4 Å². The molecule has 26 heavy (non-hydrogen) atoms. The molecular formula is C21H19NO4.